The molecule has 0 fully saturated rings. The Morgan fingerprint density at radius 2 is 2.21 bits per heavy atom. The Balaban J connectivity index is 1.73. The average Bonchev–Trinajstić information content (AvgIpc) is 2.96. The van der Waals surface area contributed by atoms with Crippen LogP contribution < -0.4 is 0 Å². The maximum Gasteiger partial charge on any atom is 0.309 e. The van der Waals surface area contributed by atoms with Crippen molar-refractivity contribution >= 4 is 29.1 Å². The van der Waals surface area contributed by atoms with Crippen LogP contribution in [-0.2, 0) is 16.1 Å². The van der Waals surface area contributed by atoms with E-state index < -0.39 is 0 Å². The number of carbonyl (C=O) groups excluding carboxylic acids is 1. The van der Waals surface area contributed by atoms with Crippen LogP contribution in [0.1, 0.15) is 12.5 Å². The van der Waals surface area contributed by atoms with Crippen LogP contribution in [0.5, 0.6) is 0 Å². The molecule has 1 aromatic carbocycles. The first kappa shape index (κ1) is 14.0. The molecule has 1 aromatic heterocycles. The number of hydrogen-bond acceptors (Lipinski definition) is 6. The number of aromatic nitrogens is 2. The fourth-order valence-corrected chi connectivity index (χ4v) is 2.88. The van der Waals surface area contributed by atoms with Crippen molar-refractivity contribution in [3.63, 3.8) is 0 Å². The van der Waals surface area contributed by atoms with E-state index in [-0.39, 0.29) is 11.9 Å². The van der Waals surface area contributed by atoms with E-state index in [0.29, 0.717) is 12.4 Å². The van der Waals surface area contributed by atoms with Gasteiger partial charge in [0.05, 0.1) is 5.92 Å². The van der Waals surface area contributed by atoms with Crippen molar-refractivity contribution in [1.82, 2.24) is 10.2 Å². The molecule has 1 heterocycles. The lowest BCUT2D eigenvalue weighted by molar-refractivity contribution is -0.148. The van der Waals surface area contributed by atoms with E-state index in [2.05, 4.69) is 10.2 Å². The van der Waals surface area contributed by atoms with E-state index in [1.54, 1.807) is 5.51 Å². The fourth-order valence-electron chi connectivity index (χ4n) is 1.36. The molecular formula is C13H14N2O2S2. The molecule has 1 unspecified atom stereocenters. The number of thioether (sulfide) groups is 1. The summed E-state index contributed by atoms with van der Waals surface area (Å²) < 4.78 is 6.15. The zero-order valence-electron chi connectivity index (χ0n) is 10.5. The Kier molecular flexibility index (Phi) is 5.35. The molecule has 19 heavy (non-hydrogen) atoms. The Labute approximate surface area is 120 Å². The van der Waals surface area contributed by atoms with Gasteiger partial charge in [-0.2, -0.15) is 0 Å². The minimum atomic E-state index is -0.180. The van der Waals surface area contributed by atoms with Crippen molar-refractivity contribution in [2.24, 2.45) is 5.92 Å². The zero-order valence-corrected chi connectivity index (χ0v) is 12.1. The monoisotopic (exact) mass is 294 g/mol. The third-order valence-electron chi connectivity index (χ3n) is 2.42. The summed E-state index contributed by atoms with van der Waals surface area (Å²) in [7, 11) is 0. The van der Waals surface area contributed by atoms with Crippen LogP contribution in [0.25, 0.3) is 0 Å². The summed E-state index contributed by atoms with van der Waals surface area (Å²) in [5.74, 6) is 0.321. The van der Waals surface area contributed by atoms with Crippen LogP contribution in [-0.4, -0.2) is 21.9 Å². The van der Waals surface area contributed by atoms with Gasteiger partial charge in [0.15, 0.2) is 4.34 Å². The lowest BCUT2D eigenvalue weighted by atomic mass is 10.2. The van der Waals surface area contributed by atoms with E-state index >= 15 is 0 Å². The maximum absolute atomic E-state index is 11.8. The highest BCUT2D eigenvalue weighted by atomic mass is 32.2. The molecular weight excluding hydrogens is 280 g/mol. The number of ether oxygens (including phenoxy) is 1. The number of esters is 1. The van der Waals surface area contributed by atoms with Crippen molar-refractivity contribution in [2.75, 3.05) is 5.75 Å². The van der Waals surface area contributed by atoms with Crippen molar-refractivity contribution in [2.45, 2.75) is 17.9 Å². The van der Waals surface area contributed by atoms with Gasteiger partial charge in [0.1, 0.15) is 12.1 Å². The molecule has 2 aromatic rings. The third-order valence-corrected chi connectivity index (χ3v) is 4.54. The summed E-state index contributed by atoms with van der Waals surface area (Å²) in [6.45, 7) is 2.19. The maximum atomic E-state index is 11.8. The van der Waals surface area contributed by atoms with Crippen molar-refractivity contribution in [3.05, 3.63) is 41.4 Å². The predicted octanol–water partition coefficient (Wildman–Crippen LogP) is 3.01. The van der Waals surface area contributed by atoms with E-state index in [1.807, 2.05) is 37.3 Å². The molecule has 0 saturated carbocycles. The number of rotatable bonds is 6. The van der Waals surface area contributed by atoms with Gasteiger partial charge in [-0.3, -0.25) is 4.79 Å². The molecule has 100 valence electrons. The normalized spacial score (nSPS) is 12.1. The van der Waals surface area contributed by atoms with Gasteiger partial charge in [0.25, 0.3) is 0 Å². The summed E-state index contributed by atoms with van der Waals surface area (Å²) in [5.41, 5.74) is 2.68. The Bertz CT molecular complexity index is 503. The van der Waals surface area contributed by atoms with E-state index in [4.69, 9.17) is 4.74 Å². The van der Waals surface area contributed by atoms with Crippen molar-refractivity contribution < 1.29 is 9.53 Å². The molecule has 0 aliphatic rings. The Morgan fingerprint density at radius 3 is 2.89 bits per heavy atom. The number of benzene rings is 1. The molecule has 0 radical (unpaired) electrons. The second-order valence-corrected chi connectivity index (χ2v) is 6.11. The quantitative estimate of drug-likeness (QED) is 0.605. The van der Waals surface area contributed by atoms with Crippen LogP contribution in [0.15, 0.2) is 40.2 Å². The third kappa shape index (κ3) is 4.65. The molecule has 2 rings (SSSR count). The first-order chi connectivity index (χ1) is 9.25. The van der Waals surface area contributed by atoms with Crippen LogP contribution in [0.2, 0.25) is 0 Å². The molecule has 0 amide bonds. The topological polar surface area (TPSA) is 52.1 Å². The highest BCUT2D eigenvalue weighted by Crippen LogP contribution is 2.22. The summed E-state index contributed by atoms with van der Waals surface area (Å²) in [6, 6.07) is 9.67. The van der Waals surface area contributed by atoms with Gasteiger partial charge in [0.2, 0.25) is 0 Å². The summed E-state index contributed by atoms with van der Waals surface area (Å²) in [4.78, 5) is 11.8. The van der Waals surface area contributed by atoms with Crippen LogP contribution >= 0.6 is 23.1 Å². The van der Waals surface area contributed by atoms with Crippen molar-refractivity contribution in [1.29, 1.82) is 0 Å². The summed E-state index contributed by atoms with van der Waals surface area (Å²) in [6.07, 6.45) is 0. The highest BCUT2D eigenvalue weighted by Gasteiger charge is 2.15. The SMILES string of the molecule is CC(CSc1nncs1)C(=O)OCc1ccccc1. The van der Waals surface area contributed by atoms with Gasteiger partial charge in [-0.05, 0) is 5.56 Å². The average molecular weight is 294 g/mol. The lowest BCUT2D eigenvalue weighted by Crippen LogP contribution is -2.16. The predicted molar refractivity (Wildman–Crippen MR) is 76.0 cm³/mol. The van der Waals surface area contributed by atoms with Gasteiger partial charge in [0, 0.05) is 5.75 Å². The van der Waals surface area contributed by atoms with Gasteiger partial charge in [-0.25, -0.2) is 0 Å². The highest BCUT2D eigenvalue weighted by molar-refractivity contribution is 8.01. The number of carbonyl (C=O) groups is 1. The second-order valence-electron chi connectivity index (χ2n) is 4.01. The molecule has 0 aliphatic carbocycles. The molecule has 0 spiro atoms. The smallest absolute Gasteiger partial charge is 0.309 e. The minimum Gasteiger partial charge on any atom is -0.461 e. The van der Waals surface area contributed by atoms with Crippen LogP contribution in [0, 0.1) is 5.92 Å². The van der Waals surface area contributed by atoms with Gasteiger partial charge in [-0.1, -0.05) is 60.4 Å². The van der Waals surface area contributed by atoms with E-state index in [0.717, 1.165) is 9.90 Å². The van der Waals surface area contributed by atoms with Crippen LogP contribution in [0.3, 0.4) is 0 Å². The molecule has 0 aliphatic heterocycles. The minimum absolute atomic E-state index is 0.155. The molecule has 4 nitrogen and oxygen atoms in total. The van der Waals surface area contributed by atoms with Gasteiger partial charge >= 0.3 is 5.97 Å². The van der Waals surface area contributed by atoms with Crippen LogP contribution in [0.4, 0.5) is 0 Å². The fraction of sp³-hybridized carbons (Fsp3) is 0.308. The largest absolute Gasteiger partial charge is 0.461 e. The summed E-state index contributed by atoms with van der Waals surface area (Å²) in [5, 5.41) is 7.67. The summed E-state index contributed by atoms with van der Waals surface area (Å²) >= 11 is 3.00. The van der Waals surface area contributed by atoms with Gasteiger partial charge < -0.3 is 4.74 Å². The van der Waals surface area contributed by atoms with E-state index in [1.165, 1.54) is 23.1 Å². The zero-order chi connectivity index (χ0) is 13.5. The first-order valence-electron chi connectivity index (χ1n) is 5.85. The molecule has 1 atom stereocenters. The Morgan fingerprint density at radius 1 is 1.42 bits per heavy atom. The second kappa shape index (κ2) is 7.25. The first-order valence-corrected chi connectivity index (χ1v) is 7.72. The standard InChI is InChI=1S/C13H14N2O2S2/c1-10(8-18-13-15-14-9-19-13)12(16)17-7-11-5-3-2-4-6-11/h2-6,9-10H,7-8H2,1H3. The van der Waals surface area contributed by atoms with Gasteiger partial charge in [-0.15, -0.1) is 10.2 Å². The number of hydrogen-bond donors (Lipinski definition) is 0. The molecule has 0 bridgehead atoms. The van der Waals surface area contributed by atoms with E-state index in [9.17, 15) is 4.79 Å². The molecule has 6 heteroatoms. The van der Waals surface area contributed by atoms with Crippen molar-refractivity contribution in [3.8, 4) is 0 Å². The molecule has 0 saturated heterocycles. The Hall–Kier alpha value is -1.40. The molecule has 0 N–H and O–H groups in total. The number of nitrogens with zero attached hydrogens (tertiary/aromatic N) is 2. The lowest BCUT2D eigenvalue weighted by Gasteiger charge is -2.10.